The quantitative estimate of drug-likeness (QED) is 0.200. The second kappa shape index (κ2) is 17.6. The van der Waals surface area contributed by atoms with Gasteiger partial charge in [0.2, 0.25) is 0 Å². The van der Waals surface area contributed by atoms with E-state index in [2.05, 4.69) is 19.2 Å². The van der Waals surface area contributed by atoms with Crippen LogP contribution in [0.3, 0.4) is 0 Å². The fourth-order valence-corrected chi connectivity index (χ4v) is 4.44. The molecule has 0 spiro atoms. The van der Waals surface area contributed by atoms with Gasteiger partial charge < -0.3 is 33.1 Å². The average Bonchev–Trinajstić information content (AvgIpc) is 2.62. The Labute approximate surface area is 158 Å². The van der Waals surface area contributed by atoms with Gasteiger partial charge >= 0.3 is 0 Å². The first-order valence-electron chi connectivity index (χ1n) is 9.04. The van der Waals surface area contributed by atoms with Gasteiger partial charge in [-0.25, -0.2) is 0 Å². The highest BCUT2D eigenvalue weighted by atomic mass is 28.2. The van der Waals surface area contributed by atoms with Gasteiger partial charge in [-0.15, -0.1) is 0 Å². The lowest BCUT2D eigenvalue weighted by Gasteiger charge is -2.18. The van der Waals surface area contributed by atoms with Crippen molar-refractivity contribution in [1.29, 1.82) is 0 Å². The summed E-state index contributed by atoms with van der Waals surface area (Å²) in [5, 5.41) is 3.56. The average molecular weight is 398 g/mol. The first kappa shape index (κ1) is 25.2. The molecule has 2 atom stereocenters. The second-order valence-electron chi connectivity index (χ2n) is 6.40. The van der Waals surface area contributed by atoms with Crippen LogP contribution in [0, 0.1) is 11.8 Å². The molecule has 0 aliphatic heterocycles. The van der Waals surface area contributed by atoms with Crippen LogP contribution in [-0.2, 0) is 27.8 Å². The predicted octanol–water partition coefficient (Wildman–Crippen LogP) is 0.123. The number of nitrogens with one attached hydrogen (secondary N) is 1. The summed E-state index contributed by atoms with van der Waals surface area (Å²) in [5.74, 6) is 1.28. The molecule has 0 aromatic carbocycles. The Morgan fingerprint density at radius 2 is 1.04 bits per heavy atom. The van der Waals surface area contributed by atoms with Gasteiger partial charge in [-0.1, -0.05) is 13.8 Å². The van der Waals surface area contributed by atoms with Gasteiger partial charge in [-0.3, -0.25) is 0 Å². The van der Waals surface area contributed by atoms with Crippen molar-refractivity contribution >= 4 is 19.5 Å². The highest BCUT2D eigenvalue weighted by molar-refractivity contribution is 6.27. The SMILES string of the molecule is COC(CO[SiH2]CC(C)CNCC(C)C[SiH2]OCC(OC)OC)OC. The maximum absolute atomic E-state index is 5.71. The zero-order valence-corrected chi connectivity index (χ0v) is 19.7. The molecule has 25 heavy (non-hydrogen) atoms. The number of hydrogen-bond acceptors (Lipinski definition) is 7. The highest BCUT2D eigenvalue weighted by Gasteiger charge is 2.09. The fourth-order valence-electron chi connectivity index (χ4n) is 2.17. The minimum Gasteiger partial charge on any atom is -0.419 e. The number of rotatable bonds is 18. The molecule has 0 aromatic rings. The molecular formula is C16H39NO6Si2. The summed E-state index contributed by atoms with van der Waals surface area (Å²) in [6.45, 7) is 7.69. The summed E-state index contributed by atoms with van der Waals surface area (Å²) in [7, 11) is 5.51. The van der Waals surface area contributed by atoms with E-state index in [4.69, 9.17) is 27.8 Å². The maximum atomic E-state index is 5.71. The second-order valence-corrected chi connectivity index (χ2v) is 9.19. The standard InChI is InChI=1S/C16H39NO6Si2/c1-13(11-24-22-9-15(18-3)19-4)7-17-8-14(2)12-25-23-10-16(20-5)21-6/h13-17H,7-12,24-25H2,1-6H3. The molecule has 0 bridgehead atoms. The Morgan fingerprint density at radius 1 is 0.680 bits per heavy atom. The van der Waals surface area contributed by atoms with E-state index in [-0.39, 0.29) is 12.6 Å². The lowest BCUT2D eigenvalue weighted by Crippen LogP contribution is -2.28. The number of hydrogen-bond donors (Lipinski definition) is 1. The molecule has 1 N–H and O–H groups in total. The molecule has 7 nitrogen and oxygen atoms in total. The zero-order chi connectivity index (χ0) is 18.9. The topological polar surface area (TPSA) is 67.4 Å². The van der Waals surface area contributed by atoms with E-state index in [0.29, 0.717) is 25.0 Å². The van der Waals surface area contributed by atoms with Crippen LogP contribution >= 0.6 is 0 Å². The molecular weight excluding hydrogens is 358 g/mol. The van der Waals surface area contributed by atoms with Crippen molar-refractivity contribution in [2.75, 3.05) is 54.7 Å². The molecule has 0 radical (unpaired) electrons. The van der Waals surface area contributed by atoms with Crippen LogP contribution in [0.1, 0.15) is 13.8 Å². The molecule has 0 saturated heterocycles. The summed E-state index contributed by atoms with van der Waals surface area (Å²) in [4.78, 5) is 0. The van der Waals surface area contributed by atoms with Crippen molar-refractivity contribution in [3.05, 3.63) is 0 Å². The molecule has 9 heteroatoms. The molecule has 152 valence electrons. The van der Waals surface area contributed by atoms with E-state index in [9.17, 15) is 0 Å². The molecule has 0 amide bonds. The first-order chi connectivity index (χ1) is 12.1. The molecule has 0 rings (SSSR count). The van der Waals surface area contributed by atoms with Crippen LogP contribution in [0.15, 0.2) is 0 Å². The van der Waals surface area contributed by atoms with Crippen LogP contribution in [0.5, 0.6) is 0 Å². The molecule has 0 saturated carbocycles. The van der Waals surface area contributed by atoms with E-state index in [1.54, 1.807) is 28.4 Å². The van der Waals surface area contributed by atoms with Gasteiger partial charge in [0.15, 0.2) is 32.1 Å². The minimum atomic E-state index is -0.511. The van der Waals surface area contributed by atoms with E-state index >= 15 is 0 Å². The van der Waals surface area contributed by atoms with E-state index in [0.717, 1.165) is 25.2 Å². The maximum Gasteiger partial charge on any atom is 0.178 e. The normalized spacial score (nSPS) is 15.4. The van der Waals surface area contributed by atoms with Gasteiger partial charge in [0.25, 0.3) is 0 Å². The Morgan fingerprint density at radius 3 is 1.36 bits per heavy atom. The molecule has 0 aromatic heterocycles. The van der Waals surface area contributed by atoms with Crippen LogP contribution in [0.4, 0.5) is 0 Å². The van der Waals surface area contributed by atoms with Gasteiger partial charge in [0.05, 0.1) is 13.2 Å². The zero-order valence-electron chi connectivity index (χ0n) is 16.9. The highest BCUT2D eigenvalue weighted by Crippen LogP contribution is 2.04. The van der Waals surface area contributed by atoms with Crippen molar-refractivity contribution in [2.24, 2.45) is 11.8 Å². The lowest BCUT2D eigenvalue weighted by molar-refractivity contribution is -0.122. The van der Waals surface area contributed by atoms with Gasteiger partial charge in [0.1, 0.15) is 0 Å². The van der Waals surface area contributed by atoms with Crippen molar-refractivity contribution in [3.63, 3.8) is 0 Å². The number of ether oxygens (including phenoxy) is 4. The Kier molecular flexibility index (Phi) is 17.7. The van der Waals surface area contributed by atoms with E-state index < -0.39 is 19.5 Å². The van der Waals surface area contributed by atoms with Crippen LogP contribution in [-0.4, -0.2) is 86.8 Å². The molecule has 0 aliphatic rings. The van der Waals surface area contributed by atoms with E-state index in [1.165, 1.54) is 0 Å². The third-order valence-corrected chi connectivity index (χ3v) is 7.55. The largest absolute Gasteiger partial charge is 0.419 e. The van der Waals surface area contributed by atoms with Gasteiger partial charge in [-0.05, 0) is 37.0 Å². The lowest BCUT2D eigenvalue weighted by atomic mass is 10.2. The summed E-state index contributed by atoms with van der Waals surface area (Å²) >= 11 is 0. The van der Waals surface area contributed by atoms with E-state index in [1.807, 2.05) is 0 Å². The van der Waals surface area contributed by atoms with Crippen molar-refractivity contribution in [1.82, 2.24) is 5.32 Å². The third kappa shape index (κ3) is 15.0. The summed E-state index contributed by atoms with van der Waals surface area (Å²) in [6.07, 6.45) is -0.479. The van der Waals surface area contributed by atoms with Crippen molar-refractivity contribution in [2.45, 2.75) is 38.5 Å². The fraction of sp³-hybridized carbons (Fsp3) is 1.00. The minimum absolute atomic E-state index is 0.240. The number of methoxy groups -OCH3 is 4. The molecule has 0 fully saturated rings. The van der Waals surface area contributed by atoms with Crippen LogP contribution in [0.2, 0.25) is 12.1 Å². The monoisotopic (exact) mass is 397 g/mol. The van der Waals surface area contributed by atoms with Gasteiger partial charge in [-0.2, -0.15) is 0 Å². The van der Waals surface area contributed by atoms with Crippen molar-refractivity contribution < 1.29 is 27.8 Å². The summed E-state index contributed by atoms with van der Waals surface area (Å²) < 4.78 is 31.8. The van der Waals surface area contributed by atoms with Gasteiger partial charge in [0, 0.05) is 28.4 Å². The third-order valence-electron chi connectivity index (χ3n) is 4.06. The van der Waals surface area contributed by atoms with Crippen LogP contribution < -0.4 is 5.32 Å². The predicted molar refractivity (Wildman–Crippen MR) is 105 cm³/mol. The first-order valence-corrected chi connectivity index (χ1v) is 12.2. The smallest absolute Gasteiger partial charge is 0.178 e. The Balaban J connectivity index is 3.52. The molecule has 2 unspecified atom stereocenters. The Bertz CT molecular complexity index is 257. The molecule has 0 aliphatic carbocycles. The van der Waals surface area contributed by atoms with Crippen LogP contribution in [0.25, 0.3) is 0 Å². The Hall–Kier alpha value is 0.154. The van der Waals surface area contributed by atoms with Crippen molar-refractivity contribution in [3.8, 4) is 0 Å². The molecule has 0 heterocycles. The summed E-state index contributed by atoms with van der Waals surface area (Å²) in [6, 6.07) is 2.32. The summed E-state index contributed by atoms with van der Waals surface area (Å²) in [5.41, 5.74) is 0.